The fraction of sp³-hybridized carbons (Fsp3) is 0.417. The zero-order valence-electron chi connectivity index (χ0n) is 18.1. The van der Waals surface area contributed by atoms with Crippen molar-refractivity contribution in [2.24, 2.45) is 0 Å². The molecular weight excluding hydrogens is 490 g/mol. The summed E-state index contributed by atoms with van der Waals surface area (Å²) in [6, 6.07) is 9.30. The summed E-state index contributed by atoms with van der Waals surface area (Å²) in [6.07, 6.45) is 2.63. The van der Waals surface area contributed by atoms with E-state index in [-0.39, 0.29) is 24.5 Å². The second kappa shape index (κ2) is 12.6. The molecule has 0 saturated carbocycles. The minimum atomic E-state index is -0.649. The fourth-order valence-electron chi connectivity index (χ4n) is 3.70. The molecule has 0 radical (unpaired) electrons. The molecule has 1 aliphatic heterocycles. The molecule has 1 atom stereocenters. The molecule has 1 aromatic carbocycles. The van der Waals surface area contributed by atoms with Gasteiger partial charge in [0.2, 0.25) is 11.8 Å². The van der Waals surface area contributed by atoms with E-state index in [0.717, 1.165) is 43.8 Å². The van der Waals surface area contributed by atoms with E-state index in [1.807, 2.05) is 24.3 Å². The lowest BCUT2D eigenvalue weighted by Crippen LogP contribution is -2.47. The highest BCUT2D eigenvalue weighted by Gasteiger charge is 2.22. The molecule has 6 nitrogen and oxygen atoms in total. The van der Waals surface area contributed by atoms with Crippen molar-refractivity contribution in [2.75, 3.05) is 19.6 Å². The third-order valence-corrected chi connectivity index (χ3v) is 6.31. The van der Waals surface area contributed by atoms with Gasteiger partial charge in [-0.1, -0.05) is 18.1 Å². The van der Waals surface area contributed by atoms with Crippen LogP contribution in [0.3, 0.4) is 0 Å². The lowest BCUT2D eigenvalue weighted by Gasteiger charge is -2.32. The Morgan fingerprint density at radius 1 is 1.22 bits per heavy atom. The number of nitrogens with one attached hydrogen (secondary N) is 2. The smallest absolute Gasteiger partial charge is 0.243 e. The first kappa shape index (κ1) is 24.3. The van der Waals surface area contributed by atoms with E-state index in [9.17, 15) is 9.59 Å². The summed E-state index contributed by atoms with van der Waals surface area (Å²) in [5, 5.41) is 9.75. The Labute approximate surface area is 201 Å². The van der Waals surface area contributed by atoms with Crippen molar-refractivity contribution in [3.8, 4) is 16.5 Å². The average Bonchev–Trinajstić information content (AvgIpc) is 3.29. The van der Waals surface area contributed by atoms with E-state index in [1.165, 1.54) is 12.5 Å². The molecule has 8 heteroatoms. The Bertz CT molecular complexity index is 930. The van der Waals surface area contributed by atoms with Crippen molar-refractivity contribution in [3.63, 3.8) is 0 Å². The lowest BCUT2D eigenvalue weighted by molar-refractivity contribution is -0.127. The number of benzene rings is 1. The van der Waals surface area contributed by atoms with Crippen molar-refractivity contribution in [2.45, 2.75) is 44.9 Å². The zero-order valence-corrected chi connectivity index (χ0v) is 20.5. The van der Waals surface area contributed by atoms with E-state index >= 15 is 0 Å². The van der Waals surface area contributed by atoms with Gasteiger partial charge in [-0.05, 0) is 57.8 Å². The number of ether oxygens (including phenoxy) is 1. The number of halogens is 1. The molecule has 1 fully saturated rings. The Hall–Kier alpha value is -2.34. The van der Waals surface area contributed by atoms with E-state index in [1.54, 1.807) is 11.3 Å². The van der Waals surface area contributed by atoms with Crippen molar-refractivity contribution >= 4 is 39.1 Å². The van der Waals surface area contributed by atoms with Crippen LogP contribution in [-0.2, 0) is 22.6 Å². The van der Waals surface area contributed by atoms with Gasteiger partial charge >= 0.3 is 0 Å². The van der Waals surface area contributed by atoms with Crippen LogP contribution in [0, 0.1) is 10.8 Å². The van der Waals surface area contributed by atoms with Crippen LogP contribution < -0.4 is 15.4 Å². The first-order valence-electron chi connectivity index (χ1n) is 10.7. The van der Waals surface area contributed by atoms with Gasteiger partial charge in [-0.2, -0.15) is 11.3 Å². The van der Waals surface area contributed by atoms with Crippen molar-refractivity contribution in [1.29, 1.82) is 0 Å². The second-order valence-electron chi connectivity index (χ2n) is 7.82. The second-order valence-corrected chi connectivity index (χ2v) is 8.99. The minimum Gasteiger partial charge on any atom is -0.490 e. The Morgan fingerprint density at radius 2 is 1.97 bits per heavy atom. The SMILES string of the molecule is CC(=O)NC(Cc1ccc(OC2CCN(Cc3ccsc3)CC2)cc1)C(=O)NCC#CBr. The van der Waals surface area contributed by atoms with Crippen LogP contribution in [0.15, 0.2) is 41.1 Å². The summed E-state index contributed by atoms with van der Waals surface area (Å²) in [4.78, 5) is 28.9. The number of hydrogen-bond donors (Lipinski definition) is 2. The highest BCUT2D eigenvalue weighted by atomic mass is 79.9. The topological polar surface area (TPSA) is 70.7 Å². The first-order valence-corrected chi connectivity index (χ1v) is 12.4. The van der Waals surface area contributed by atoms with Crippen LogP contribution in [0.1, 0.15) is 30.9 Å². The molecule has 3 rings (SSSR count). The number of carbonyl (C=O) groups excluding carboxylic acids is 2. The number of nitrogens with zero attached hydrogens (tertiary/aromatic N) is 1. The number of hydrogen-bond acceptors (Lipinski definition) is 5. The summed E-state index contributed by atoms with van der Waals surface area (Å²) in [7, 11) is 0. The molecule has 0 aliphatic carbocycles. The van der Waals surface area contributed by atoms with Crippen LogP contribution in [0.25, 0.3) is 0 Å². The van der Waals surface area contributed by atoms with Crippen molar-refractivity contribution in [3.05, 3.63) is 52.2 Å². The van der Waals surface area contributed by atoms with E-state index < -0.39 is 6.04 Å². The molecule has 2 heterocycles. The Morgan fingerprint density at radius 3 is 2.59 bits per heavy atom. The molecule has 1 aromatic heterocycles. The fourth-order valence-corrected chi connectivity index (χ4v) is 4.50. The monoisotopic (exact) mass is 517 g/mol. The predicted octanol–water partition coefficient (Wildman–Crippen LogP) is 3.31. The molecule has 170 valence electrons. The number of amides is 2. The summed E-state index contributed by atoms with van der Waals surface area (Å²) >= 11 is 4.73. The molecule has 32 heavy (non-hydrogen) atoms. The lowest BCUT2D eigenvalue weighted by atomic mass is 10.0. The molecule has 2 N–H and O–H groups in total. The van der Waals surface area contributed by atoms with Gasteiger partial charge in [0.1, 0.15) is 17.9 Å². The molecule has 2 amide bonds. The third-order valence-electron chi connectivity index (χ3n) is 5.30. The summed E-state index contributed by atoms with van der Waals surface area (Å²) in [6.45, 7) is 4.70. The van der Waals surface area contributed by atoms with Gasteiger partial charge in [-0.25, -0.2) is 0 Å². The van der Waals surface area contributed by atoms with Crippen LogP contribution in [0.4, 0.5) is 0 Å². The normalized spacial score (nSPS) is 15.3. The number of thiophene rings is 1. The average molecular weight is 518 g/mol. The van der Waals surface area contributed by atoms with Gasteiger partial charge < -0.3 is 15.4 Å². The standard InChI is InChI=1S/C24H28BrN3O3S/c1-18(29)27-23(24(30)26-11-2-10-25)15-19-3-5-21(6-4-19)31-22-7-12-28(13-8-22)16-20-9-14-32-17-20/h3-6,9,14,17,22-23H,7-8,11-13,15-16H2,1H3,(H,26,30)(H,27,29). The maximum absolute atomic E-state index is 12.4. The highest BCUT2D eigenvalue weighted by molar-refractivity contribution is 9.12. The zero-order chi connectivity index (χ0) is 22.8. The van der Waals surface area contributed by atoms with Gasteiger partial charge in [0.15, 0.2) is 0 Å². The van der Waals surface area contributed by atoms with E-state index in [2.05, 4.69) is 59.0 Å². The number of likely N-dealkylation sites (tertiary alicyclic amines) is 1. The van der Waals surface area contributed by atoms with Crippen LogP contribution in [0.2, 0.25) is 0 Å². The van der Waals surface area contributed by atoms with Crippen LogP contribution in [-0.4, -0.2) is 48.5 Å². The van der Waals surface area contributed by atoms with Crippen molar-refractivity contribution < 1.29 is 14.3 Å². The highest BCUT2D eigenvalue weighted by Crippen LogP contribution is 2.21. The third kappa shape index (κ3) is 7.97. The Balaban J connectivity index is 1.48. The minimum absolute atomic E-state index is 0.216. The molecule has 2 aromatic rings. The summed E-state index contributed by atoms with van der Waals surface area (Å²) < 4.78 is 6.18. The number of rotatable bonds is 9. The van der Waals surface area contributed by atoms with E-state index in [0.29, 0.717) is 6.42 Å². The quantitative estimate of drug-likeness (QED) is 0.500. The molecule has 1 saturated heterocycles. The maximum Gasteiger partial charge on any atom is 0.243 e. The molecule has 0 spiro atoms. The summed E-state index contributed by atoms with van der Waals surface area (Å²) in [5.74, 6) is 3.04. The molecule has 1 aliphatic rings. The predicted molar refractivity (Wildman–Crippen MR) is 131 cm³/mol. The van der Waals surface area contributed by atoms with E-state index in [4.69, 9.17) is 4.74 Å². The van der Waals surface area contributed by atoms with Gasteiger partial charge in [0.25, 0.3) is 0 Å². The number of carbonyl (C=O) groups is 2. The van der Waals surface area contributed by atoms with Gasteiger partial charge in [-0.15, -0.1) is 0 Å². The van der Waals surface area contributed by atoms with Crippen LogP contribution >= 0.6 is 27.3 Å². The molecule has 0 bridgehead atoms. The largest absolute Gasteiger partial charge is 0.490 e. The van der Waals surface area contributed by atoms with Gasteiger partial charge in [0, 0.05) is 48.9 Å². The van der Waals surface area contributed by atoms with Gasteiger partial charge in [-0.3, -0.25) is 14.5 Å². The summed E-state index contributed by atoms with van der Waals surface area (Å²) in [5.41, 5.74) is 2.33. The molecule has 1 unspecified atom stereocenters. The molecular formula is C24H28BrN3O3S. The maximum atomic E-state index is 12.4. The number of piperidine rings is 1. The van der Waals surface area contributed by atoms with Crippen molar-refractivity contribution in [1.82, 2.24) is 15.5 Å². The van der Waals surface area contributed by atoms with Crippen LogP contribution in [0.5, 0.6) is 5.75 Å². The first-order chi connectivity index (χ1) is 15.5. The Kier molecular flexibility index (Phi) is 9.60. The van der Waals surface area contributed by atoms with Gasteiger partial charge in [0.05, 0.1) is 6.54 Å².